The minimum absolute atomic E-state index is 0.362. The molecular weight excluding hydrogens is 290 g/mol. The molecule has 1 rings (SSSR count). The van der Waals surface area contributed by atoms with Gasteiger partial charge < -0.3 is 15.2 Å². The van der Waals surface area contributed by atoms with Gasteiger partial charge in [-0.2, -0.15) is 11.8 Å². The summed E-state index contributed by atoms with van der Waals surface area (Å²) < 4.78 is 5.52. The zero-order valence-corrected chi connectivity index (χ0v) is 13.1. The van der Waals surface area contributed by atoms with E-state index in [4.69, 9.17) is 9.84 Å². The third kappa shape index (κ3) is 5.67. The van der Waals surface area contributed by atoms with E-state index in [2.05, 4.69) is 5.32 Å². The van der Waals surface area contributed by atoms with E-state index in [0.29, 0.717) is 30.1 Å². The monoisotopic (exact) mass is 311 g/mol. The summed E-state index contributed by atoms with van der Waals surface area (Å²) in [4.78, 5) is 23.4. The van der Waals surface area contributed by atoms with Gasteiger partial charge in [-0.3, -0.25) is 4.79 Å². The average Bonchev–Trinajstić information content (AvgIpc) is 2.49. The molecule has 6 heteroatoms. The van der Waals surface area contributed by atoms with E-state index in [9.17, 15) is 9.59 Å². The summed E-state index contributed by atoms with van der Waals surface area (Å²) >= 11 is 1.55. The molecule has 116 valence electrons. The fraction of sp³-hybridized carbons (Fsp3) is 0.467. The quantitative estimate of drug-likeness (QED) is 0.732. The van der Waals surface area contributed by atoms with E-state index >= 15 is 0 Å². The number of rotatable bonds is 9. The molecule has 1 atom stereocenters. The zero-order chi connectivity index (χ0) is 15.7. The molecule has 0 aliphatic heterocycles. The van der Waals surface area contributed by atoms with Crippen LogP contribution in [0, 0.1) is 0 Å². The van der Waals surface area contributed by atoms with Gasteiger partial charge in [0.2, 0.25) is 0 Å². The molecule has 1 amide bonds. The van der Waals surface area contributed by atoms with E-state index in [1.165, 1.54) is 0 Å². The van der Waals surface area contributed by atoms with Crippen molar-refractivity contribution in [3.05, 3.63) is 29.8 Å². The van der Waals surface area contributed by atoms with Crippen LogP contribution in [0.4, 0.5) is 0 Å². The van der Waals surface area contributed by atoms with Gasteiger partial charge in [0.05, 0.1) is 12.2 Å². The van der Waals surface area contributed by atoms with E-state index < -0.39 is 17.9 Å². The highest BCUT2D eigenvalue weighted by molar-refractivity contribution is 7.98. The van der Waals surface area contributed by atoms with Gasteiger partial charge in [0.25, 0.3) is 5.91 Å². The Morgan fingerprint density at radius 1 is 1.38 bits per heavy atom. The van der Waals surface area contributed by atoms with Gasteiger partial charge >= 0.3 is 5.97 Å². The van der Waals surface area contributed by atoms with E-state index in [1.54, 1.807) is 36.0 Å². The first-order valence-electron chi connectivity index (χ1n) is 6.84. The van der Waals surface area contributed by atoms with Crippen LogP contribution in [0.25, 0.3) is 0 Å². The number of carbonyl (C=O) groups excluding carboxylic acids is 1. The number of amides is 1. The number of hydrogen-bond donors (Lipinski definition) is 2. The van der Waals surface area contributed by atoms with Crippen molar-refractivity contribution >= 4 is 23.6 Å². The molecule has 0 aliphatic carbocycles. The highest BCUT2D eigenvalue weighted by Gasteiger charge is 2.21. The first kappa shape index (κ1) is 17.4. The largest absolute Gasteiger partial charge is 0.493 e. The third-order valence-corrected chi connectivity index (χ3v) is 3.45. The maximum atomic E-state index is 12.2. The van der Waals surface area contributed by atoms with Gasteiger partial charge in [-0.15, -0.1) is 0 Å². The Kier molecular flexibility index (Phi) is 7.68. The van der Waals surface area contributed by atoms with Crippen LogP contribution in [0.2, 0.25) is 0 Å². The van der Waals surface area contributed by atoms with E-state index in [-0.39, 0.29) is 0 Å². The van der Waals surface area contributed by atoms with Crippen molar-refractivity contribution in [3.63, 3.8) is 0 Å². The Labute approximate surface area is 129 Å². The summed E-state index contributed by atoms with van der Waals surface area (Å²) in [5, 5.41) is 11.7. The van der Waals surface area contributed by atoms with E-state index in [0.717, 1.165) is 6.42 Å². The SMILES string of the molecule is CCCOc1ccccc1C(=O)NC(CCSC)C(=O)O. The summed E-state index contributed by atoms with van der Waals surface area (Å²) in [7, 11) is 0. The molecule has 0 bridgehead atoms. The first-order chi connectivity index (χ1) is 10.1. The average molecular weight is 311 g/mol. The molecule has 0 aromatic heterocycles. The fourth-order valence-electron chi connectivity index (χ4n) is 1.72. The smallest absolute Gasteiger partial charge is 0.326 e. The lowest BCUT2D eigenvalue weighted by atomic mass is 10.1. The molecule has 0 radical (unpaired) electrons. The lowest BCUT2D eigenvalue weighted by molar-refractivity contribution is -0.139. The Morgan fingerprint density at radius 3 is 2.71 bits per heavy atom. The predicted octanol–water partition coefficient (Wildman–Crippen LogP) is 2.41. The number of ether oxygens (including phenoxy) is 1. The zero-order valence-electron chi connectivity index (χ0n) is 12.3. The number of nitrogens with one attached hydrogen (secondary N) is 1. The summed E-state index contributed by atoms with van der Waals surface area (Å²) in [6.45, 7) is 2.49. The summed E-state index contributed by atoms with van der Waals surface area (Å²) in [6.07, 6.45) is 3.12. The number of carboxylic acids is 1. The second-order valence-corrected chi connectivity index (χ2v) is 5.48. The lowest BCUT2D eigenvalue weighted by Crippen LogP contribution is -2.41. The Bertz CT molecular complexity index is 478. The predicted molar refractivity (Wildman–Crippen MR) is 84.1 cm³/mol. The van der Waals surface area contributed by atoms with Crippen molar-refractivity contribution in [2.45, 2.75) is 25.8 Å². The Hall–Kier alpha value is -1.69. The fourth-order valence-corrected chi connectivity index (χ4v) is 2.19. The van der Waals surface area contributed by atoms with Gasteiger partial charge in [0, 0.05) is 0 Å². The molecule has 1 aromatic rings. The highest BCUT2D eigenvalue weighted by Crippen LogP contribution is 2.18. The number of thioether (sulfide) groups is 1. The van der Waals surface area contributed by atoms with Crippen molar-refractivity contribution < 1.29 is 19.4 Å². The van der Waals surface area contributed by atoms with Gasteiger partial charge in [0.1, 0.15) is 11.8 Å². The maximum absolute atomic E-state index is 12.2. The molecule has 0 aliphatic rings. The second kappa shape index (κ2) is 9.28. The number of carbonyl (C=O) groups is 2. The number of carboxylic acid groups (broad SMARTS) is 1. The number of hydrogen-bond acceptors (Lipinski definition) is 4. The summed E-state index contributed by atoms with van der Waals surface area (Å²) in [5.74, 6) is -0.295. The molecule has 1 aromatic carbocycles. The van der Waals surface area contributed by atoms with Crippen LogP contribution in [0.15, 0.2) is 24.3 Å². The van der Waals surface area contributed by atoms with Crippen molar-refractivity contribution in [1.82, 2.24) is 5.32 Å². The highest BCUT2D eigenvalue weighted by atomic mass is 32.2. The van der Waals surface area contributed by atoms with Crippen LogP contribution in [-0.4, -0.2) is 41.6 Å². The lowest BCUT2D eigenvalue weighted by Gasteiger charge is -2.16. The van der Waals surface area contributed by atoms with Crippen molar-refractivity contribution in [2.75, 3.05) is 18.6 Å². The molecular formula is C15H21NO4S. The minimum Gasteiger partial charge on any atom is -0.493 e. The van der Waals surface area contributed by atoms with Crippen LogP contribution < -0.4 is 10.1 Å². The van der Waals surface area contributed by atoms with Crippen molar-refractivity contribution in [3.8, 4) is 5.75 Å². The molecule has 0 fully saturated rings. The Balaban J connectivity index is 2.79. The van der Waals surface area contributed by atoms with Gasteiger partial charge in [-0.1, -0.05) is 19.1 Å². The number of aliphatic carboxylic acids is 1. The standard InChI is InChI=1S/C15H21NO4S/c1-3-9-20-13-7-5-4-6-11(13)14(17)16-12(15(18)19)8-10-21-2/h4-7,12H,3,8-10H2,1-2H3,(H,16,17)(H,18,19). The van der Waals surface area contributed by atoms with Crippen LogP contribution in [0.3, 0.4) is 0 Å². The van der Waals surface area contributed by atoms with Crippen LogP contribution in [0.5, 0.6) is 5.75 Å². The molecule has 2 N–H and O–H groups in total. The summed E-state index contributed by atoms with van der Waals surface area (Å²) in [5.41, 5.74) is 0.362. The van der Waals surface area contributed by atoms with Crippen LogP contribution >= 0.6 is 11.8 Å². The molecule has 21 heavy (non-hydrogen) atoms. The van der Waals surface area contributed by atoms with Crippen LogP contribution in [0.1, 0.15) is 30.1 Å². The number of benzene rings is 1. The van der Waals surface area contributed by atoms with Gasteiger partial charge in [-0.05, 0) is 37.0 Å². The van der Waals surface area contributed by atoms with Crippen molar-refractivity contribution in [2.24, 2.45) is 0 Å². The summed E-state index contributed by atoms with van der Waals surface area (Å²) in [6, 6.07) is 5.97. The molecule has 0 saturated heterocycles. The maximum Gasteiger partial charge on any atom is 0.326 e. The van der Waals surface area contributed by atoms with Crippen molar-refractivity contribution in [1.29, 1.82) is 0 Å². The number of para-hydroxylation sites is 1. The third-order valence-electron chi connectivity index (χ3n) is 2.81. The minimum atomic E-state index is -1.02. The molecule has 0 heterocycles. The van der Waals surface area contributed by atoms with Crippen LogP contribution in [-0.2, 0) is 4.79 Å². The molecule has 0 saturated carbocycles. The second-order valence-electron chi connectivity index (χ2n) is 4.49. The molecule has 0 spiro atoms. The topological polar surface area (TPSA) is 75.6 Å². The normalized spacial score (nSPS) is 11.7. The molecule has 5 nitrogen and oxygen atoms in total. The molecule has 1 unspecified atom stereocenters. The van der Waals surface area contributed by atoms with Gasteiger partial charge in [0.15, 0.2) is 0 Å². The van der Waals surface area contributed by atoms with Gasteiger partial charge in [-0.25, -0.2) is 4.79 Å². The Morgan fingerprint density at radius 2 is 2.10 bits per heavy atom. The first-order valence-corrected chi connectivity index (χ1v) is 8.24. The van der Waals surface area contributed by atoms with E-state index in [1.807, 2.05) is 13.2 Å².